The highest BCUT2D eigenvalue weighted by Crippen LogP contribution is 2.10. The Labute approximate surface area is 108 Å². The van der Waals surface area contributed by atoms with Crippen molar-refractivity contribution in [3.8, 4) is 0 Å². The molecule has 1 aliphatic heterocycles. The number of aryl methyl sites for hydroxylation is 1. The van der Waals surface area contributed by atoms with E-state index in [0.29, 0.717) is 12.5 Å². The number of nitrogens with two attached hydrogens (primary N) is 1. The van der Waals surface area contributed by atoms with Gasteiger partial charge >= 0.3 is 0 Å². The Morgan fingerprint density at radius 3 is 2.61 bits per heavy atom. The SMILES string of the molecule is CCc1ccccc1CN=C(N)N1CCOCC1. The average molecular weight is 247 g/mol. The number of hydrogen-bond donors (Lipinski definition) is 1. The molecule has 0 spiro atoms. The first kappa shape index (κ1) is 12.9. The Bertz CT molecular complexity index is 411. The molecular weight excluding hydrogens is 226 g/mol. The lowest BCUT2D eigenvalue weighted by Gasteiger charge is -2.27. The molecule has 0 unspecified atom stereocenters. The first-order valence-electron chi connectivity index (χ1n) is 6.50. The molecule has 4 nitrogen and oxygen atoms in total. The highest BCUT2D eigenvalue weighted by molar-refractivity contribution is 5.78. The number of morpholine rings is 1. The van der Waals surface area contributed by atoms with Crippen molar-refractivity contribution in [1.29, 1.82) is 0 Å². The van der Waals surface area contributed by atoms with Gasteiger partial charge in [-0.15, -0.1) is 0 Å². The smallest absolute Gasteiger partial charge is 0.191 e. The number of ether oxygens (including phenoxy) is 1. The topological polar surface area (TPSA) is 50.8 Å². The molecule has 18 heavy (non-hydrogen) atoms. The minimum Gasteiger partial charge on any atom is -0.378 e. The summed E-state index contributed by atoms with van der Waals surface area (Å²) < 4.78 is 5.30. The first-order valence-corrected chi connectivity index (χ1v) is 6.50. The van der Waals surface area contributed by atoms with Crippen molar-refractivity contribution >= 4 is 5.96 Å². The van der Waals surface area contributed by atoms with Gasteiger partial charge in [-0.3, -0.25) is 0 Å². The Morgan fingerprint density at radius 2 is 1.94 bits per heavy atom. The molecule has 0 aromatic heterocycles. The summed E-state index contributed by atoms with van der Waals surface area (Å²) in [6.07, 6.45) is 1.03. The fourth-order valence-corrected chi connectivity index (χ4v) is 2.12. The number of hydrogen-bond acceptors (Lipinski definition) is 2. The van der Waals surface area contributed by atoms with Crippen molar-refractivity contribution < 1.29 is 4.74 Å². The van der Waals surface area contributed by atoms with Crippen LogP contribution in [0.25, 0.3) is 0 Å². The van der Waals surface area contributed by atoms with Crippen LogP contribution in [0.15, 0.2) is 29.3 Å². The average Bonchev–Trinajstić information content (AvgIpc) is 2.46. The summed E-state index contributed by atoms with van der Waals surface area (Å²) in [6.45, 7) is 5.97. The van der Waals surface area contributed by atoms with Crippen LogP contribution in [0.4, 0.5) is 0 Å². The number of nitrogens with zero attached hydrogens (tertiary/aromatic N) is 2. The Morgan fingerprint density at radius 1 is 1.28 bits per heavy atom. The van der Waals surface area contributed by atoms with E-state index >= 15 is 0 Å². The second-order valence-corrected chi connectivity index (χ2v) is 4.40. The normalized spacial score (nSPS) is 16.9. The maximum absolute atomic E-state index is 6.01. The second-order valence-electron chi connectivity index (χ2n) is 4.40. The molecule has 0 amide bonds. The first-order chi connectivity index (χ1) is 8.81. The van der Waals surface area contributed by atoms with E-state index in [-0.39, 0.29) is 0 Å². The van der Waals surface area contributed by atoms with Crippen molar-refractivity contribution in [2.45, 2.75) is 19.9 Å². The molecule has 0 saturated carbocycles. The third-order valence-electron chi connectivity index (χ3n) is 3.25. The predicted molar refractivity (Wildman–Crippen MR) is 73.5 cm³/mol. The van der Waals surface area contributed by atoms with Gasteiger partial charge in [-0.2, -0.15) is 0 Å². The lowest BCUT2D eigenvalue weighted by atomic mass is 10.1. The van der Waals surface area contributed by atoms with Crippen LogP contribution in [0.1, 0.15) is 18.1 Å². The van der Waals surface area contributed by atoms with Gasteiger partial charge in [0.05, 0.1) is 19.8 Å². The van der Waals surface area contributed by atoms with Crippen molar-refractivity contribution in [3.63, 3.8) is 0 Å². The van der Waals surface area contributed by atoms with E-state index in [2.05, 4.69) is 41.1 Å². The fraction of sp³-hybridized carbons (Fsp3) is 0.500. The summed E-state index contributed by atoms with van der Waals surface area (Å²) in [7, 11) is 0. The predicted octanol–water partition coefficient (Wildman–Crippen LogP) is 1.40. The molecule has 0 atom stereocenters. The molecule has 0 radical (unpaired) electrons. The van der Waals surface area contributed by atoms with Crippen molar-refractivity contribution in [1.82, 2.24) is 4.90 Å². The van der Waals surface area contributed by atoms with Crippen LogP contribution in [0.3, 0.4) is 0 Å². The van der Waals surface area contributed by atoms with Gasteiger partial charge in [0, 0.05) is 13.1 Å². The summed E-state index contributed by atoms with van der Waals surface area (Å²) >= 11 is 0. The van der Waals surface area contributed by atoms with E-state index < -0.39 is 0 Å². The minimum absolute atomic E-state index is 0.629. The lowest BCUT2D eigenvalue weighted by molar-refractivity contribution is 0.0674. The monoisotopic (exact) mass is 247 g/mol. The summed E-state index contributed by atoms with van der Waals surface area (Å²) in [5.41, 5.74) is 8.61. The van der Waals surface area contributed by atoms with Crippen molar-refractivity contribution in [2.75, 3.05) is 26.3 Å². The second kappa shape index (κ2) is 6.40. The molecule has 2 rings (SSSR count). The molecule has 1 fully saturated rings. The highest BCUT2D eigenvalue weighted by Gasteiger charge is 2.11. The molecular formula is C14H21N3O. The maximum atomic E-state index is 6.01. The van der Waals surface area contributed by atoms with E-state index in [9.17, 15) is 0 Å². The van der Waals surface area contributed by atoms with E-state index in [1.54, 1.807) is 0 Å². The van der Waals surface area contributed by atoms with Gasteiger partial charge in [0.25, 0.3) is 0 Å². The quantitative estimate of drug-likeness (QED) is 0.649. The maximum Gasteiger partial charge on any atom is 0.191 e. The van der Waals surface area contributed by atoms with Gasteiger partial charge in [0.2, 0.25) is 0 Å². The third-order valence-corrected chi connectivity index (χ3v) is 3.25. The Balaban J connectivity index is 2.00. The van der Waals surface area contributed by atoms with Crippen LogP contribution in [0.5, 0.6) is 0 Å². The van der Waals surface area contributed by atoms with Gasteiger partial charge in [-0.25, -0.2) is 4.99 Å². The Kier molecular flexibility index (Phi) is 4.59. The van der Waals surface area contributed by atoms with Crippen LogP contribution >= 0.6 is 0 Å². The minimum atomic E-state index is 0.629. The molecule has 0 aliphatic carbocycles. The largest absolute Gasteiger partial charge is 0.378 e. The summed E-state index contributed by atoms with van der Waals surface area (Å²) in [4.78, 5) is 6.57. The summed E-state index contributed by atoms with van der Waals surface area (Å²) in [5, 5.41) is 0. The van der Waals surface area contributed by atoms with E-state index in [1.165, 1.54) is 11.1 Å². The molecule has 1 heterocycles. The fourth-order valence-electron chi connectivity index (χ4n) is 2.12. The summed E-state index contributed by atoms with van der Waals surface area (Å²) in [5.74, 6) is 0.629. The van der Waals surface area contributed by atoms with Crippen LogP contribution in [-0.2, 0) is 17.7 Å². The van der Waals surface area contributed by atoms with E-state index in [1.807, 2.05) is 0 Å². The van der Waals surface area contributed by atoms with Crippen molar-refractivity contribution in [2.24, 2.45) is 10.7 Å². The van der Waals surface area contributed by atoms with Crippen LogP contribution < -0.4 is 5.73 Å². The van der Waals surface area contributed by atoms with Crippen LogP contribution in [0.2, 0.25) is 0 Å². The standard InChI is InChI=1S/C14H21N3O/c1-2-12-5-3-4-6-13(12)11-16-14(15)17-7-9-18-10-8-17/h3-6H,2,7-11H2,1H3,(H2,15,16). The number of benzene rings is 1. The van der Waals surface area contributed by atoms with E-state index in [4.69, 9.17) is 10.5 Å². The molecule has 4 heteroatoms. The Hall–Kier alpha value is -1.55. The van der Waals surface area contributed by atoms with Gasteiger partial charge in [-0.1, -0.05) is 31.2 Å². The molecule has 0 bridgehead atoms. The van der Waals surface area contributed by atoms with Gasteiger partial charge in [-0.05, 0) is 17.5 Å². The number of guanidine groups is 1. The highest BCUT2D eigenvalue weighted by atomic mass is 16.5. The third kappa shape index (κ3) is 3.23. The molecule has 98 valence electrons. The van der Waals surface area contributed by atoms with Gasteiger partial charge in [0.1, 0.15) is 0 Å². The summed E-state index contributed by atoms with van der Waals surface area (Å²) in [6, 6.07) is 8.39. The van der Waals surface area contributed by atoms with Gasteiger partial charge < -0.3 is 15.4 Å². The molecule has 1 aliphatic rings. The van der Waals surface area contributed by atoms with Crippen molar-refractivity contribution in [3.05, 3.63) is 35.4 Å². The lowest BCUT2D eigenvalue weighted by Crippen LogP contribution is -2.44. The van der Waals surface area contributed by atoms with E-state index in [0.717, 1.165) is 32.7 Å². The molecule has 1 aromatic carbocycles. The zero-order chi connectivity index (χ0) is 12.8. The van der Waals surface area contributed by atoms with Crippen LogP contribution in [-0.4, -0.2) is 37.2 Å². The zero-order valence-corrected chi connectivity index (χ0v) is 10.9. The molecule has 1 aromatic rings. The number of aliphatic imine (C=N–C) groups is 1. The van der Waals surface area contributed by atoms with Gasteiger partial charge in [0.15, 0.2) is 5.96 Å². The zero-order valence-electron chi connectivity index (χ0n) is 10.9. The molecule has 2 N–H and O–H groups in total. The number of rotatable bonds is 3. The van der Waals surface area contributed by atoms with Crippen LogP contribution in [0, 0.1) is 0 Å². The molecule has 1 saturated heterocycles.